The molecule has 0 spiro atoms. The van der Waals surface area contributed by atoms with Crippen molar-refractivity contribution in [2.45, 2.75) is 32.6 Å². The lowest BCUT2D eigenvalue weighted by molar-refractivity contribution is -0.104. The van der Waals surface area contributed by atoms with Gasteiger partial charge in [0.25, 0.3) is 0 Å². The molecule has 2 nitrogen and oxygen atoms in total. The number of allylic oxidation sites excluding steroid dienone is 3. The number of rotatable bonds is 3. The van der Waals surface area contributed by atoms with Crippen LogP contribution in [0.2, 0.25) is 0 Å². The molecule has 2 heteroatoms. The summed E-state index contributed by atoms with van der Waals surface area (Å²) in [6, 6.07) is 4.64. The van der Waals surface area contributed by atoms with Gasteiger partial charge in [-0.05, 0) is 73.1 Å². The number of carbonyl (C=O) groups is 1. The standard InChI is InChI=1S/C18H21NO/c1-14(8-11-20)6-7-15-12-16-4-2-9-19-10-3-5-17(13-15)18(16)19/h6-8,11-13H,2-5,9-10H2,1H3/b7-6+,14-8+. The van der Waals surface area contributed by atoms with Gasteiger partial charge in [0, 0.05) is 18.8 Å². The second kappa shape index (κ2) is 5.66. The fraction of sp³-hybridized carbons (Fsp3) is 0.389. The van der Waals surface area contributed by atoms with E-state index in [1.807, 2.05) is 13.0 Å². The topological polar surface area (TPSA) is 20.3 Å². The van der Waals surface area contributed by atoms with Crippen molar-refractivity contribution in [1.29, 1.82) is 0 Å². The SMILES string of the molecule is CC(/C=C/c1cc2c3c(c1)CCCN3CCC2)=C\C=O. The highest BCUT2D eigenvalue weighted by molar-refractivity contribution is 5.70. The van der Waals surface area contributed by atoms with E-state index < -0.39 is 0 Å². The van der Waals surface area contributed by atoms with Gasteiger partial charge in [0.1, 0.15) is 6.29 Å². The highest BCUT2D eigenvalue weighted by Crippen LogP contribution is 2.36. The second-order valence-electron chi connectivity index (χ2n) is 5.76. The Hall–Kier alpha value is -1.83. The minimum absolute atomic E-state index is 0.841. The predicted molar refractivity (Wildman–Crippen MR) is 84.2 cm³/mol. The maximum atomic E-state index is 10.4. The summed E-state index contributed by atoms with van der Waals surface area (Å²) in [6.07, 6.45) is 11.5. The Labute approximate surface area is 120 Å². The summed E-state index contributed by atoms with van der Waals surface area (Å²) in [5.74, 6) is 0. The second-order valence-corrected chi connectivity index (χ2v) is 5.76. The molecule has 20 heavy (non-hydrogen) atoms. The molecule has 1 aromatic carbocycles. The van der Waals surface area contributed by atoms with Crippen LogP contribution in [-0.2, 0) is 17.6 Å². The number of benzene rings is 1. The Morgan fingerprint density at radius 3 is 2.40 bits per heavy atom. The number of hydrogen-bond acceptors (Lipinski definition) is 2. The summed E-state index contributed by atoms with van der Waals surface area (Å²) in [5, 5.41) is 0. The van der Waals surface area contributed by atoms with Gasteiger partial charge in [0.05, 0.1) is 0 Å². The van der Waals surface area contributed by atoms with E-state index in [2.05, 4.69) is 23.1 Å². The molecule has 0 fully saturated rings. The molecule has 0 saturated carbocycles. The fourth-order valence-electron chi connectivity index (χ4n) is 3.32. The zero-order valence-corrected chi connectivity index (χ0v) is 12.1. The van der Waals surface area contributed by atoms with Crippen LogP contribution < -0.4 is 4.90 Å². The van der Waals surface area contributed by atoms with E-state index in [1.54, 1.807) is 6.08 Å². The van der Waals surface area contributed by atoms with E-state index in [0.717, 1.165) is 11.9 Å². The third-order valence-electron chi connectivity index (χ3n) is 4.22. The minimum atomic E-state index is 0.841. The first-order valence-corrected chi connectivity index (χ1v) is 7.49. The van der Waals surface area contributed by atoms with Crippen molar-refractivity contribution in [3.8, 4) is 0 Å². The molecule has 1 aromatic rings. The Morgan fingerprint density at radius 1 is 1.15 bits per heavy atom. The van der Waals surface area contributed by atoms with Crippen LogP contribution in [0.3, 0.4) is 0 Å². The Balaban J connectivity index is 1.95. The van der Waals surface area contributed by atoms with Crippen LogP contribution >= 0.6 is 0 Å². The van der Waals surface area contributed by atoms with Crippen LogP contribution in [0.1, 0.15) is 36.5 Å². The van der Waals surface area contributed by atoms with Gasteiger partial charge in [0.15, 0.2) is 0 Å². The van der Waals surface area contributed by atoms with Gasteiger partial charge >= 0.3 is 0 Å². The number of carbonyl (C=O) groups excluding carboxylic acids is 1. The smallest absolute Gasteiger partial charge is 0.143 e. The van der Waals surface area contributed by atoms with E-state index >= 15 is 0 Å². The molecule has 0 bridgehead atoms. The first kappa shape index (κ1) is 13.2. The average molecular weight is 267 g/mol. The molecule has 2 aliphatic rings. The molecule has 0 unspecified atom stereocenters. The predicted octanol–water partition coefficient (Wildman–Crippen LogP) is 3.54. The quantitative estimate of drug-likeness (QED) is 0.474. The monoisotopic (exact) mass is 267 g/mol. The molecule has 0 amide bonds. The number of nitrogens with zero attached hydrogens (tertiary/aromatic N) is 1. The van der Waals surface area contributed by atoms with Gasteiger partial charge in [-0.15, -0.1) is 0 Å². The van der Waals surface area contributed by atoms with Crippen LogP contribution in [0.15, 0.2) is 29.9 Å². The van der Waals surface area contributed by atoms with Crippen molar-refractivity contribution in [1.82, 2.24) is 0 Å². The van der Waals surface area contributed by atoms with Crippen molar-refractivity contribution in [3.05, 3.63) is 46.5 Å². The van der Waals surface area contributed by atoms with Gasteiger partial charge in [-0.3, -0.25) is 4.79 Å². The third-order valence-corrected chi connectivity index (χ3v) is 4.22. The number of hydrogen-bond donors (Lipinski definition) is 0. The Bertz CT molecular complexity index is 552. The number of aryl methyl sites for hydroxylation is 2. The van der Waals surface area contributed by atoms with Crippen molar-refractivity contribution in [3.63, 3.8) is 0 Å². The molecule has 0 aliphatic carbocycles. The van der Waals surface area contributed by atoms with Crippen LogP contribution in [0.25, 0.3) is 6.08 Å². The number of anilines is 1. The maximum absolute atomic E-state index is 10.4. The summed E-state index contributed by atoms with van der Waals surface area (Å²) in [6.45, 7) is 4.39. The fourth-order valence-corrected chi connectivity index (χ4v) is 3.32. The molecule has 0 aromatic heterocycles. The molecular formula is C18H21NO. The molecule has 0 saturated heterocycles. The highest BCUT2D eigenvalue weighted by Gasteiger charge is 2.23. The van der Waals surface area contributed by atoms with Gasteiger partial charge in [0.2, 0.25) is 0 Å². The zero-order valence-electron chi connectivity index (χ0n) is 12.1. The molecular weight excluding hydrogens is 246 g/mol. The van der Waals surface area contributed by atoms with Gasteiger partial charge in [-0.1, -0.05) is 12.2 Å². The summed E-state index contributed by atoms with van der Waals surface area (Å²) in [4.78, 5) is 13.0. The maximum Gasteiger partial charge on any atom is 0.143 e. The van der Waals surface area contributed by atoms with Crippen molar-refractivity contribution < 1.29 is 4.79 Å². The normalized spacial score (nSPS) is 18.2. The van der Waals surface area contributed by atoms with Gasteiger partial charge in [-0.25, -0.2) is 0 Å². The molecule has 0 atom stereocenters. The summed E-state index contributed by atoms with van der Waals surface area (Å²) in [7, 11) is 0. The van der Waals surface area contributed by atoms with Crippen molar-refractivity contribution in [2.75, 3.05) is 18.0 Å². The highest BCUT2D eigenvalue weighted by atomic mass is 16.1. The Morgan fingerprint density at radius 2 is 1.80 bits per heavy atom. The van der Waals surface area contributed by atoms with E-state index in [1.165, 1.54) is 61.2 Å². The largest absolute Gasteiger partial charge is 0.371 e. The lowest BCUT2D eigenvalue weighted by Gasteiger charge is -2.37. The first-order chi connectivity index (χ1) is 9.78. The van der Waals surface area contributed by atoms with Gasteiger partial charge < -0.3 is 4.90 Å². The molecule has 3 rings (SSSR count). The van der Waals surface area contributed by atoms with E-state index in [4.69, 9.17) is 0 Å². The van der Waals surface area contributed by atoms with Crippen molar-refractivity contribution >= 4 is 18.0 Å². The zero-order chi connectivity index (χ0) is 13.9. The Kier molecular flexibility index (Phi) is 3.72. The average Bonchev–Trinajstić information content (AvgIpc) is 2.46. The summed E-state index contributed by atoms with van der Waals surface area (Å²) in [5.41, 5.74) is 6.78. The molecule has 2 heterocycles. The van der Waals surface area contributed by atoms with Crippen LogP contribution in [0, 0.1) is 0 Å². The van der Waals surface area contributed by atoms with Crippen LogP contribution in [-0.4, -0.2) is 19.4 Å². The lowest BCUT2D eigenvalue weighted by Crippen LogP contribution is -2.34. The van der Waals surface area contributed by atoms with Crippen LogP contribution in [0.5, 0.6) is 0 Å². The van der Waals surface area contributed by atoms with Crippen molar-refractivity contribution in [2.24, 2.45) is 0 Å². The summed E-state index contributed by atoms with van der Waals surface area (Å²) >= 11 is 0. The summed E-state index contributed by atoms with van der Waals surface area (Å²) < 4.78 is 0. The van der Waals surface area contributed by atoms with Crippen LogP contribution in [0.4, 0.5) is 5.69 Å². The van der Waals surface area contributed by atoms with E-state index in [9.17, 15) is 4.79 Å². The number of aldehydes is 1. The van der Waals surface area contributed by atoms with E-state index in [0.29, 0.717) is 0 Å². The van der Waals surface area contributed by atoms with Gasteiger partial charge in [-0.2, -0.15) is 0 Å². The molecule has 2 aliphatic heterocycles. The molecule has 104 valence electrons. The first-order valence-electron chi connectivity index (χ1n) is 7.49. The third kappa shape index (κ3) is 2.55. The minimum Gasteiger partial charge on any atom is -0.371 e. The lowest BCUT2D eigenvalue weighted by atomic mass is 9.90. The molecule has 0 radical (unpaired) electrons. The molecule has 0 N–H and O–H groups in total. The van der Waals surface area contributed by atoms with E-state index in [-0.39, 0.29) is 0 Å².